The van der Waals surface area contributed by atoms with Crippen LogP contribution in [0.4, 0.5) is 23.3 Å². The number of aryl methyl sites for hydroxylation is 2. The Hall–Kier alpha value is -3.22. The number of benzene rings is 1. The molecule has 3 heterocycles. The minimum atomic E-state index is 0.761. The summed E-state index contributed by atoms with van der Waals surface area (Å²) in [5.74, 6) is 3.32. The van der Waals surface area contributed by atoms with Crippen LogP contribution < -0.4 is 15.1 Å². The molecule has 0 aliphatic carbocycles. The molecule has 3 aromatic rings. The number of nitrogens with one attached hydrogen (secondary N) is 1. The van der Waals surface area contributed by atoms with E-state index in [1.165, 1.54) is 5.56 Å². The first-order chi connectivity index (χ1) is 13.2. The van der Waals surface area contributed by atoms with Crippen molar-refractivity contribution >= 4 is 23.3 Å². The van der Waals surface area contributed by atoms with E-state index >= 15 is 0 Å². The first-order valence-corrected chi connectivity index (χ1v) is 9.14. The van der Waals surface area contributed by atoms with Gasteiger partial charge in [0.25, 0.3) is 0 Å². The van der Waals surface area contributed by atoms with Crippen molar-refractivity contribution in [1.82, 2.24) is 19.9 Å². The van der Waals surface area contributed by atoms with Gasteiger partial charge >= 0.3 is 0 Å². The number of piperazine rings is 1. The van der Waals surface area contributed by atoms with Gasteiger partial charge < -0.3 is 15.1 Å². The summed E-state index contributed by atoms with van der Waals surface area (Å²) in [7, 11) is 0. The zero-order chi connectivity index (χ0) is 18.6. The zero-order valence-electron chi connectivity index (χ0n) is 15.6. The third kappa shape index (κ3) is 3.97. The predicted molar refractivity (Wildman–Crippen MR) is 108 cm³/mol. The van der Waals surface area contributed by atoms with E-state index in [1.807, 2.05) is 31.2 Å². The SMILES string of the molecule is Cc1nc(Nc2ccccc2C)cc(N2CCN(c3ncccn3)CC2)n1. The largest absolute Gasteiger partial charge is 0.353 e. The quantitative estimate of drug-likeness (QED) is 0.766. The molecule has 0 saturated carbocycles. The molecule has 7 heteroatoms. The highest BCUT2D eigenvalue weighted by atomic mass is 15.3. The van der Waals surface area contributed by atoms with Crippen LogP contribution in [0, 0.1) is 13.8 Å². The molecule has 27 heavy (non-hydrogen) atoms. The summed E-state index contributed by atoms with van der Waals surface area (Å²) in [6.07, 6.45) is 3.57. The maximum absolute atomic E-state index is 4.64. The highest BCUT2D eigenvalue weighted by molar-refractivity contribution is 5.62. The van der Waals surface area contributed by atoms with Crippen LogP contribution in [0.3, 0.4) is 0 Å². The number of para-hydroxylation sites is 1. The van der Waals surface area contributed by atoms with Gasteiger partial charge in [-0.15, -0.1) is 0 Å². The van der Waals surface area contributed by atoms with Crippen molar-refractivity contribution in [2.75, 3.05) is 41.3 Å². The van der Waals surface area contributed by atoms with Gasteiger partial charge in [0, 0.05) is 50.3 Å². The molecular formula is C20H23N7. The maximum Gasteiger partial charge on any atom is 0.225 e. The van der Waals surface area contributed by atoms with Crippen LogP contribution in [0.5, 0.6) is 0 Å². The van der Waals surface area contributed by atoms with Crippen LogP contribution in [0.1, 0.15) is 11.4 Å². The van der Waals surface area contributed by atoms with Crippen molar-refractivity contribution in [3.05, 3.63) is 60.2 Å². The van der Waals surface area contributed by atoms with E-state index in [0.717, 1.165) is 55.3 Å². The molecule has 0 spiro atoms. The highest BCUT2D eigenvalue weighted by Crippen LogP contribution is 2.23. The Morgan fingerprint density at radius 1 is 0.852 bits per heavy atom. The summed E-state index contributed by atoms with van der Waals surface area (Å²) in [5, 5.41) is 3.42. The Bertz CT molecular complexity index is 905. The Kier molecular flexibility index (Phi) is 4.82. The molecule has 0 bridgehead atoms. The second-order valence-corrected chi connectivity index (χ2v) is 6.62. The number of anilines is 4. The minimum Gasteiger partial charge on any atom is -0.353 e. The standard InChI is InChI=1S/C20H23N7/c1-15-6-3-4-7-17(15)25-18-14-19(24-16(2)23-18)26-10-12-27(13-11-26)20-21-8-5-9-22-20/h3-9,14H,10-13H2,1-2H3,(H,23,24,25). The van der Waals surface area contributed by atoms with Crippen LogP contribution in [0.15, 0.2) is 48.8 Å². The third-order valence-corrected chi connectivity index (χ3v) is 4.67. The average molecular weight is 361 g/mol. The van der Waals surface area contributed by atoms with Crippen molar-refractivity contribution in [3.8, 4) is 0 Å². The zero-order valence-corrected chi connectivity index (χ0v) is 15.6. The van der Waals surface area contributed by atoms with Gasteiger partial charge in [-0.1, -0.05) is 18.2 Å². The second-order valence-electron chi connectivity index (χ2n) is 6.62. The van der Waals surface area contributed by atoms with Crippen molar-refractivity contribution < 1.29 is 0 Å². The van der Waals surface area contributed by atoms with Gasteiger partial charge in [-0.3, -0.25) is 0 Å². The lowest BCUT2D eigenvalue weighted by molar-refractivity contribution is 0.633. The lowest BCUT2D eigenvalue weighted by Crippen LogP contribution is -2.47. The summed E-state index contributed by atoms with van der Waals surface area (Å²) in [5.41, 5.74) is 2.25. The monoisotopic (exact) mass is 361 g/mol. The first-order valence-electron chi connectivity index (χ1n) is 9.14. The maximum atomic E-state index is 4.64. The molecular weight excluding hydrogens is 338 g/mol. The normalized spacial score (nSPS) is 14.3. The molecule has 0 amide bonds. The molecule has 2 aromatic heterocycles. The first kappa shape index (κ1) is 17.2. The Labute approximate surface area is 159 Å². The molecule has 0 atom stereocenters. The van der Waals surface area contributed by atoms with E-state index in [1.54, 1.807) is 12.4 Å². The number of hydrogen-bond acceptors (Lipinski definition) is 7. The van der Waals surface area contributed by atoms with E-state index in [4.69, 9.17) is 0 Å². The van der Waals surface area contributed by atoms with E-state index in [9.17, 15) is 0 Å². The Morgan fingerprint density at radius 3 is 2.30 bits per heavy atom. The van der Waals surface area contributed by atoms with Gasteiger partial charge in [-0.05, 0) is 31.5 Å². The van der Waals surface area contributed by atoms with Crippen molar-refractivity contribution in [1.29, 1.82) is 0 Å². The summed E-state index contributed by atoms with van der Waals surface area (Å²) >= 11 is 0. The van der Waals surface area contributed by atoms with E-state index in [-0.39, 0.29) is 0 Å². The summed E-state index contributed by atoms with van der Waals surface area (Å²) < 4.78 is 0. The summed E-state index contributed by atoms with van der Waals surface area (Å²) in [6, 6.07) is 12.1. The lowest BCUT2D eigenvalue weighted by atomic mass is 10.2. The molecule has 1 aliphatic rings. The van der Waals surface area contributed by atoms with Crippen LogP contribution in [-0.4, -0.2) is 46.1 Å². The fourth-order valence-corrected chi connectivity index (χ4v) is 3.22. The van der Waals surface area contributed by atoms with Crippen LogP contribution in [0.2, 0.25) is 0 Å². The van der Waals surface area contributed by atoms with Crippen molar-refractivity contribution in [2.24, 2.45) is 0 Å². The molecule has 1 N–H and O–H groups in total. The smallest absolute Gasteiger partial charge is 0.225 e. The topological polar surface area (TPSA) is 70.1 Å². The van der Waals surface area contributed by atoms with E-state index in [2.05, 4.69) is 54.1 Å². The number of aromatic nitrogens is 4. The molecule has 1 aliphatic heterocycles. The highest BCUT2D eigenvalue weighted by Gasteiger charge is 2.20. The van der Waals surface area contributed by atoms with Crippen LogP contribution in [0.25, 0.3) is 0 Å². The van der Waals surface area contributed by atoms with Crippen LogP contribution in [-0.2, 0) is 0 Å². The van der Waals surface area contributed by atoms with Gasteiger partial charge in [0.05, 0.1) is 0 Å². The summed E-state index contributed by atoms with van der Waals surface area (Å²) in [6.45, 7) is 7.50. The average Bonchev–Trinajstić information content (AvgIpc) is 2.70. The lowest BCUT2D eigenvalue weighted by Gasteiger charge is -2.35. The van der Waals surface area contributed by atoms with E-state index in [0.29, 0.717) is 0 Å². The van der Waals surface area contributed by atoms with Gasteiger partial charge in [0.1, 0.15) is 17.5 Å². The number of hydrogen-bond donors (Lipinski definition) is 1. The van der Waals surface area contributed by atoms with E-state index < -0.39 is 0 Å². The number of rotatable bonds is 4. The Morgan fingerprint density at radius 2 is 1.56 bits per heavy atom. The van der Waals surface area contributed by atoms with Crippen LogP contribution >= 0.6 is 0 Å². The molecule has 1 saturated heterocycles. The molecule has 1 aromatic carbocycles. The van der Waals surface area contributed by atoms with Gasteiger partial charge in [-0.25, -0.2) is 19.9 Å². The van der Waals surface area contributed by atoms with Gasteiger partial charge in [0.15, 0.2) is 0 Å². The third-order valence-electron chi connectivity index (χ3n) is 4.67. The molecule has 138 valence electrons. The Balaban J connectivity index is 1.48. The van der Waals surface area contributed by atoms with Crippen molar-refractivity contribution in [2.45, 2.75) is 13.8 Å². The molecule has 1 fully saturated rings. The fourth-order valence-electron chi connectivity index (χ4n) is 3.22. The second kappa shape index (κ2) is 7.57. The molecule has 7 nitrogen and oxygen atoms in total. The molecule has 0 radical (unpaired) electrons. The van der Waals surface area contributed by atoms with Crippen molar-refractivity contribution in [3.63, 3.8) is 0 Å². The molecule has 0 unspecified atom stereocenters. The predicted octanol–water partition coefficient (Wildman–Crippen LogP) is 2.95. The number of nitrogens with zero attached hydrogens (tertiary/aromatic N) is 6. The van der Waals surface area contributed by atoms with Gasteiger partial charge in [0.2, 0.25) is 5.95 Å². The fraction of sp³-hybridized carbons (Fsp3) is 0.300. The van der Waals surface area contributed by atoms with Gasteiger partial charge in [-0.2, -0.15) is 0 Å². The summed E-state index contributed by atoms with van der Waals surface area (Å²) in [4.78, 5) is 22.4. The molecule has 4 rings (SSSR count). The minimum absolute atomic E-state index is 0.761.